The van der Waals surface area contributed by atoms with Crippen molar-refractivity contribution in [2.45, 2.75) is 0 Å². The zero-order chi connectivity index (χ0) is 20.1. The van der Waals surface area contributed by atoms with Crippen LogP contribution < -0.4 is 4.74 Å². The number of hydrogen-bond donors (Lipinski definition) is 1. The molecule has 0 aliphatic heterocycles. The molecular formula is C23H17N3O3. The molecule has 142 valence electrons. The first-order valence-electron chi connectivity index (χ1n) is 8.99. The lowest BCUT2D eigenvalue weighted by Gasteiger charge is -2.10. The number of pyridine rings is 3. The van der Waals surface area contributed by atoms with E-state index < -0.39 is 5.97 Å². The summed E-state index contributed by atoms with van der Waals surface area (Å²) in [6.45, 7) is -0.373. The van der Waals surface area contributed by atoms with Crippen molar-refractivity contribution < 1.29 is 14.6 Å². The summed E-state index contributed by atoms with van der Waals surface area (Å²) in [6, 6.07) is 22.6. The van der Waals surface area contributed by atoms with Gasteiger partial charge in [-0.3, -0.25) is 9.97 Å². The Balaban J connectivity index is 1.75. The van der Waals surface area contributed by atoms with Crippen molar-refractivity contribution in [1.82, 2.24) is 15.0 Å². The van der Waals surface area contributed by atoms with Gasteiger partial charge in [0.2, 0.25) is 0 Å². The monoisotopic (exact) mass is 383 g/mol. The zero-order valence-electron chi connectivity index (χ0n) is 15.4. The topological polar surface area (TPSA) is 85.2 Å². The molecule has 0 fully saturated rings. The highest BCUT2D eigenvalue weighted by molar-refractivity contribution is 5.75. The molecule has 0 amide bonds. The summed E-state index contributed by atoms with van der Waals surface area (Å²) < 4.78 is 5.21. The van der Waals surface area contributed by atoms with Gasteiger partial charge in [0.05, 0.1) is 22.8 Å². The SMILES string of the molecule is O=C(O)COc1ccc(-c2cc(-c3ccccn3)nc(-c3ccccn3)c2)cc1. The molecule has 0 aliphatic carbocycles. The maximum absolute atomic E-state index is 10.7. The van der Waals surface area contributed by atoms with Crippen LogP contribution >= 0.6 is 0 Å². The van der Waals surface area contributed by atoms with Crippen LogP contribution in [0.4, 0.5) is 0 Å². The lowest BCUT2D eigenvalue weighted by molar-refractivity contribution is -0.139. The van der Waals surface area contributed by atoms with Crippen LogP contribution in [0.15, 0.2) is 85.2 Å². The fourth-order valence-corrected chi connectivity index (χ4v) is 2.88. The van der Waals surface area contributed by atoms with Gasteiger partial charge in [-0.2, -0.15) is 0 Å². The van der Waals surface area contributed by atoms with Crippen molar-refractivity contribution in [3.63, 3.8) is 0 Å². The maximum Gasteiger partial charge on any atom is 0.341 e. The van der Waals surface area contributed by atoms with E-state index in [4.69, 9.17) is 14.8 Å². The van der Waals surface area contributed by atoms with Gasteiger partial charge in [-0.1, -0.05) is 24.3 Å². The second-order valence-corrected chi connectivity index (χ2v) is 6.26. The Morgan fingerprint density at radius 1 is 0.759 bits per heavy atom. The number of ether oxygens (including phenoxy) is 1. The van der Waals surface area contributed by atoms with Gasteiger partial charge in [0.1, 0.15) is 5.75 Å². The van der Waals surface area contributed by atoms with Crippen molar-refractivity contribution in [2.24, 2.45) is 0 Å². The summed E-state index contributed by atoms with van der Waals surface area (Å²) in [6.07, 6.45) is 3.47. The molecule has 6 heteroatoms. The summed E-state index contributed by atoms with van der Waals surface area (Å²) in [5.74, 6) is -0.511. The lowest BCUT2D eigenvalue weighted by Crippen LogP contribution is -2.09. The van der Waals surface area contributed by atoms with Gasteiger partial charge in [0.15, 0.2) is 6.61 Å². The predicted octanol–water partition coefficient (Wildman–Crippen LogP) is 4.34. The van der Waals surface area contributed by atoms with Crippen molar-refractivity contribution in [3.8, 4) is 39.7 Å². The number of hydrogen-bond acceptors (Lipinski definition) is 5. The van der Waals surface area contributed by atoms with Crippen LogP contribution in [-0.2, 0) is 4.79 Å². The molecule has 0 spiro atoms. The van der Waals surface area contributed by atoms with E-state index in [1.165, 1.54) is 0 Å². The second kappa shape index (κ2) is 8.31. The van der Waals surface area contributed by atoms with Crippen LogP contribution in [0.3, 0.4) is 0 Å². The van der Waals surface area contributed by atoms with Gasteiger partial charge in [0, 0.05) is 12.4 Å². The summed E-state index contributed by atoms with van der Waals surface area (Å²) in [7, 11) is 0. The minimum absolute atomic E-state index is 0.373. The Kier molecular flexibility index (Phi) is 5.25. The first-order valence-corrected chi connectivity index (χ1v) is 8.99. The normalized spacial score (nSPS) is 10.5. The first-order chi connectivity index (χ1) is 14.2. The van der Waals surface area contributed by atoms with Crippen LogP contribution in [0.1, 0.15) is 0 Å². The smallest absolute Gasteiger partial charge is 0.341 e. The largest absolute Gasteiger partial charge is 0.482 e. The standard InChI is InChI=1S/C23H17N3O3/c27-23(28)15-29-18-9-7-16(8-10-18)17-13-21(19-5-1-3-11-24-19)26-22(14-17)20-6-2-4-12-25-20/h1-14H,15H2,(H,27,28). The highest BCUT2D eigenvalue weighted by Crippen LogP contribution is 2.29. The molecule has 0 atom stereocenters. The Hall–Kier alpha value is -4.06. The van der Waals surface area contributed by atoms with Crippen molar-refractivity contribution >= 4 is 5.97 Å². The Bertz CT molecular complexity index is 1060. The molecule has 4 aromatic rings. The number of carboxylic acid groups (broad SMARTS) is 1. The molecule has 6 nitrogen and oxygen atoms in total. The van der Waals surface area contributed by atoms with Gasteiger partial charge in [-0.05, 0) is 59.7 Å². The van der Waals surface area contributed by atoms with E-state index in [1.54, 1.807) is 24.5 Å². The third-order valence-electron chi connectivity index (χ3n) is 4.23. The Morgan fingerprint density at radius 2 is 1.34 bits per heavy atom. The summed E-state index contributed by atoms with van der Waals surface area (Å²) in [4.78, 5) is 24.2. The quantitative estimate of drug-likeness (QED) is 0.533. The van der Waals surface area contributed by atoms with Crippen molar-refractivity contribution in [1.29, 1.82) is 0 Å². The number of carbonyl (C=O) groups is 1. The second-order valence-electron chi connectivity index (χ2n) is 6.26. The average molecular weight is 383 g/mol. The molecule has 1 aromatic carbocycles. The third kappa shape index (κ3) is 4.44. The van der Waals surface area contributed by atoms with Crippen LogP contribution in [0, 0.1) is 0 Å². The summed E-state index contributed by atoms with van der Waals surface area (Å²) in [5.41, 5.74) is 4.93. The number of rotatable bonds is 6. The molecule has 4 rings (SSSR count). The maximum atomic E-state index is 10.7. The molecule has 0 aliphatic rings. The van der Waals surface area contributed by atoms with E-state index in [9.17, 15) is 4.79 Å². The van der Waals surface area contributed by atoms with Gasteiger partial charge in [0.25, 0.3) is 0 Å². The predicted molar refractivity (Wildman–Crippen MR) is 109 cm³/mol. The molecule has 3 heterocycles. The van der Waals surface area contributed by atoms with Gasteiger partial charge in [-0.25, -0.2) is 9.78 Å². The highest BCUT2D eigenvalue weighted by Gasteiger charge is 2.10. The van der Waals surface area contributed by atoms with E-state index >= 15 is 0 Å². The minimum atomic E-state index is -1.01. The third-order valence-corrected chi connectivity index (χ3v) is 4.23. The lowest BCUT2D eigenvalue weighted by atomic mass is 10.0. The fraction of sp³-hybridized carbons (Fsp3) is 0.0435. The van der Waals surface area contributed by atoms with Gasteiger partial charge >= 0.3 is 5.97 Å². The van der Waals surface area contributed by atoms with Crippen LogP contribution in [0.5, 0.6) is 5.75 Å². The number of aromatic nitrogens is 3. The van der Waals surface area contributed by atoms with E-state index in [2.05, 4.69) is 9.97 Å². The fourth-order valence-electron chi connectivity index (χ4n) is 2.88. The van der Waals surface area contributed by atoms with Gasteiger partial charge < -0.3 is 9.84 Å². The van der Waals surface area contributed by atoms with Crippen molar-refractivity contribution in [2.75, 3.05) is 6.61 Å². The summed E-state index contributed by atoms with van der Waals surface area (Å²) in [5, 5.41) is 8.74. The number of nitrogens with zero attached hydrogens (tertiary/aromatic N) is 3. The molecular weight excluding hydrogens is 366 g/mol. The molecule has 29 heavy (non-hydrogen) atoms. The zero-order valence-corrected chi connectivity index (χ0v) is 15.4. The highest BCUT2D eigenvalue weighted by atomic mass is 16.5. The van der Waals surface area contributed by atoms with Crippen LogP contribution in [0.2, 0.25) is 0 Å². The molecule has 0 unspecified atom stereocenters. The summed E-state index contributed by atoms with van der Waals surface area (Å²) >= 11 is 0. The molecule has 0 saturated heterocycles. The number of carboxylic acids is 1. The van der Waals surface area contributed by atoms with E-state index in [1.807, 2.05) is 60.7 Å². The molecule has 0 bridgehead atoms. The van der Waals surface area contributed by atoms with Crippen molar-refractivity contribution in [3.05, 3.63) is 85.2 Å². The van der Waals surface area contributed by atoms with Gasteiger partial charge in [-0.15, -0.1) is 0 Å². The van der Waals surface area contributed by atoms with Crippen LogP contribution in [0.25, 0.3) is 33.9 Å². The molecule has 1 N–H and O–H groups in total. The van der Waals surface area contributed by atoms with E-state index in [0.717, 1.165) is 33.9 Å². The molecule has 3 aromatic heterocycles. The Morgan fingerprint density at radius 3 is 1.83 bits per heavy atom. The Labute approximate surface area is 167 Å². The number of benzene rings is 1. The van der Waals surface area contributed by atoms with Crippen LogP contribution in [-0.4, -0.2) is 32.6 Å². The van der Waals surface area contributed by atoms with E-state index in [-0.39, 0.29) is 6.61 Å². The first kappa shape index (κ1) is 18.3. The van der Waals surface area contributed by atoms with E-state index in [0.29, 0.717) is 5.75 Å². The molecule has 0 saturated carbocycles. The minimum Gasteiger partial charge on any atom is -0.482 e. The number of aliphatic carboxylic acids is 1. The average Bonchev–Trinajstić information content (AvgIpc) is 2.79. The molecule has 0 radical (unpaired) electrons.